The highest BCUT2D eigenvalue weighted by Crippen LogP contribution is 2.18. The minimum atomic E-state index is -2.46. The lowest BCUT2D eigenvalue weighted by Crippen LogP contribution is -2.42. The molecule has 21 heavy (non-hydrogen) atoms. The van der Waals surface area contributed by atoms with Gasteiger partial charge in [0.25, 0.3) is 0 Å². The summed E-state index contributed by atoms with van der Waals surface area (Å²) in [6.45, 7) is 2.62. The molecule has 6 nitrogen and oxygen atoms in total. The van der Waals surface area contributed by atoms with E-state index in [4.69, 9.17) is 22.8 Å². The SMILES string of the molecule is COCCOC(=O)C(C)CSCCC[Si](OC)(OC)OC. The number of methoxy groups -OCH3 is 1. The molecule has 0 bridgehead atoms. The van der Waals surface area contributed by atoms with E-state index in [0.29, 0.717) is 13.2 Å². The van der Waals surface area contributed by atoms with Crippen molar-refractivity contribution < 1.29 is 27.5 Å². The van der Waals surface area contributed by atoms with E-state index in [9.17, 15) is 4.79 Å². The third-order valence-corrected chi connectivity index (χ3v) is 7.15. The van der Waals surface area contributed by atoms with Crippen LogP contribution in [0, 0.1) is 5.92 Å². The summed E-state index contributed by atoms with van der Waals surface area (Å²) in [5.41, 5.74) is 0. The Morgan fingerprint density at radius 3 is 2.24 bits per heavy atom. The van der Waals surface area contributed by atoms with Gasteiger partial charge in [0.2, 0.25) is 0 Å². The lowest BCUT2D eigenvalue weighted by molar-refractivity contribution is -0.148. The molecule has 0 fully saturated rings. The first-order valence-corrected chi connectivity index (χ1v) is 10.0. The number of thioether (sulfide) groups is 1. The molecular formula is C13H28O6SSi. The monoisotopic (exact) mass is 340 g/mol. The van der Waals surface area contributed by atoms with E-state index in [0.717, 1.165) is 24.0 Å². The van der Waals surface area contributed by atoms with Crippen molar-refractivity contribution in [3.63, 3.8) is 0 Å². The number of rotatable bonds is 13. The van der Waals surface area contributed by atoms with Crippen molar-refractivity contribution in [2.45, 2.75) is 19.4 Å². The molecule has 0 N–H and O–H groups in total. The number of esters is 1. The van der Waals surface area contributed by atoms with Crippen LogP contribution in [0.1, 0.15) is 13.3 Å². The Labute approximate surface area is 133 Å². The van der Waals surface area contributed by atoms with Crippen LogP contribution in [0.3, 0.4) is 0 Å². The Bertz CT molecular complexity index is 267. The number of hydrogen-bond acceptors (Lipinski definition) is 7. The zero-order chi connectivity index (χ0) is 16.1. The Hall–Kier alpha value is -0.123. The third kappa shape index (κ3) is 8.79. The van der Waals surface area contributed by atoms with Gasteiger partial charge >= 0.3 is 14.8 Å². The van der Waals surface area contributed by atoms with Gasteiger partial charge in [-0.2, -0.15) is 11.8 Å². The van der Waals surface area contributed by atoms with Crippen molar-refractivity contribution in [1.29, 1.82) is 0 Å². The van der Waals surface area contributed by atoms with Gasteiger partial charge in [0, 0.05) is 40.2 Å². The van der Waals surface area contributed by atoms with Crippen LogP contribution in [0.4, 0.5) is 0 Å². The Kier molecular flexibility index (Phi) is 12.4. The molecule has 126 valence electrons. The van der Waals surface area contributed by atoms with E-state index in [2.05, 4.69) is 0 Å². The lowest BCUT2D eigenvalue weighted by Gasteiger charge is -2.24. The number of ether oxygens (including phenoxy) is 2. The van der Waals surface area contributed by atoms with Gasteiger partial charge in [0.1, 0.15) is 6.61 Å². The van der Waals surface area contributed by atoms with E-state index in [1.54, 1.807) is 40.2 Å². The predicted molar refractivity (Wildman–Crippen MR) is 85.5 cm³/mol. The van der Waals surface area contributed by atoms with Crippen molar-refractivity contribution >= 4 is 26.5 Å². The van der Waals surface area contributed by atoms with Crippen molar-refractivity contribution in [3.8, 4) is 0 Å². The van der Waals surface area contributed by atoms with Crippen LogP contribution in [0.2, 0.25) is 6.04 Å². The van der Waals surface area contributed by atoms with Crippen LogP contribution < -0.4 is 0 Å². The average molecular weight is 341 g/mol. The number of hydrogen-bond donors (Lipinski definition) is 0. The zero-order valence-corrected chi connectivity index (χ0v) is 15.5. The molecule has 1 atom stereocenters. The first-order chi connectivity index (χ1) is 10.0. The highest BCUT2D eigenvalue weighted by atomic mass is 32.2. The molecule has 0 aromatic carbocycles. The second-order valence-corrected chi connectivity index (χ2v) is 8.78. The van der Waals surface area contributed by atoms with E-state index in [1.807, 2.05) is 6.92 Å². The smallest absolute Gasteiger partial charge is 0.463 e. The van der Waals surface area contributed by atoms with Gasteiger partial charge in [-0.05, 0) is 12.2 Å². The van der Waals surface area contributed by atoms with Crippen molar-refractivity contribution in [3.05, 3.63) is 0 Å². The van der Waals surface area contributed by atoms with E-state index in [-0.39, 0.29) is 11.9 Å². The van der Waals surface area contributed by atoms with Crippen LogP contribution in [-0.2, 0) is 27.5 Å². The van der Waals surface area contributed by atoms with Crippen LogP contribution in [0.5, 0.6) is 0 Å². The van der Waals surface area contributed by atoms with Crippen LogP contribution in [0.15, 0.2) is 0 Å². The molecule has 0 aromatic heterocycles. The van der Waals surface area contributed by atoms with Gasteiger partial charge in [0.05, 0.1) is 12.5 Å². The molecule has 0 radical (unpaired) electrons. The van der Waals surface area contributed by atoms with Crippen molar-refractivity contribution in [2.75, 3.05) is 53.2 Å². The Balaban J connectivity index is 3.77. The fourth-order valence-electron chi connectivity index (χ4n) is 1.64. The Morgan fingerprint density at radius 1 is 1.10 bits per heavy atom. The topological polar surface area (TPSA) is 63.2 Å². The van der Waals surface area contributed by atoms with Gasteiger partial charge in [-0.15, -0.1) is 0 Å². The quantitative estimate of drug-likeness (QED) is 0.288. The summed E-state index contributed by atoms with van der Waals surface area (Å²) < 4.78 is 26.0. The summed E-state index contributed by atoms with van der Waals surface area (Å²) in [4.78, 5) is 11.6. The summed E-state index contributed by atoms with van der Waals surface area (Å²) in [6, 6.07) is 0.774. The van der Waals surface area contributed by atoms with Gasteiger partial charge in [-0.3, -0.25) is 4.79 Å². The van der Waals surface area contributed by atoms with Crippen molar-refractivity contribution in [1.82, 2.24) is 0 Å². The molecular weight excluding hydrogens is 312 g/mol. The highest BCUT2D eigenvalue weighted by Gasteiger charge is 2.36. The van der Waals surface area contributed by atoms with E-state index in [1.165, 1.54) is 0 Å². The van der Waals surface area contributed by atoms with Crippen molar-refractivity contribution in [2.24, 2.45) is 5.92 Å². The van der Waals surface area contributed by atoms with E-state index < -0.39 is 8.80 Å². The van der Waals surface area contributed by atoms with Gasteiger partial charge in [-0.25, -0.2) is 0 Å². The average Bonchev–Trinajstić information content (AvgIpc) is 2.51. The Morgan fingerprint density at radius 2 is 1.71 bits per heavy atom. The summed E-state index contributed by atoms with van der Waals surface area (Å²) in [5, 5.41) is 0. The maximum atomic E-state index is 11.6. The lowest BCUT2D eigenvalue weighted by atomic mass is 10.2. The van der Waals surface area contributed by atoms with Gasteiger partial charge < -0.3 is 22.8 Å². The molecule has 0 aliphatic heterocycles. The minimum Gasteiger partial charge on any atom is -0.463 e. The molecule has 0 amide bonds. The molecule has 0 aromatic rings. The summed E-state index contributed by atoms with van der Waals surface area (Å²) in [6.07, 6.45) is 0.928. The van der Waals surface area contributed by atoms with Crippen LogP contribution in [0.25, 0.3) is 0 Å². The molecule has 0 heterocycles. The molecule has 0 aliphatic rings. The highest BCUT2D eigenvalue weighted by molar-refractivity contribution is 7.99. The van der Waals surface area contributed by atoms with E-state index >= 15 is 0 Å². The van der Waals surface area contributed by atoms with Gasteiger partial charge in [0.15, 0.2) is 0 Å². The number of carbonyl (C=O) groups excluding carboxylic acids is 1. The second-order valence-electron chi connectivity index (χ2n) is 4.54. The standard InChI is InChI=1S/C13H28O6SSi/c1-12(13(14)19-8-7-15-2)11-20-9-6-10-21(16-3,17-4)18-5/h12H,6-11H2,1-5H3. The fraction of sp³-hybridized carbons (Fsp3) is 0.923. The minimum absolute atomic E-state index is 0.110. The zero-order valence-electron chi connectivity index (χ0n) is 13.7. The maximum Gasteiger partial charge on any atom is 0.500 e. The summed E-state index contributed by atoms with van der Waals surface area (Å²) in [7, 11) is 3.97. The predicted octanol–water partition coefficient (Wildman–Crippen LogP) is 1.81. The molecule has 8 heteroatoms. The maximum absolute atomic E-state index is 11.6. The fourth-order valence-corrected chi connectivity index (χ4v) is 4.63. The second kappa shape index (κ2) is 12.4. The molecule has 0 saturated carbocycles. The third-order valence-electron chi connectivity index (χ3n) is 3.01. The summed E-state index contributed by atoms with van der Waals surface area (Å²) in [5.74, 6) is 1.39. The molecule has 0 rings (SSSR count). The molecule has 1 unspecified atom stereocenters. The summed E-state index contributed by atoms with van der Waals surface area (Å²) >= 11 is 1.72. The largest absolute Gasteiger partial charge is 0.500 e. The first-order valence-electron chi connectivity index (χ1n) is 6.94. The van der Waals surface area contributed by atoms with Gasteiger partial charge in [-0.1, -0.05) is 6.92 Å². The molecule has 0 saturated heterocycles. The molecule has 0 aliphatic carbocycles. The van der Waals surface area contributed by atoms with Crippen LogP contribution >= 0.6 is 11.8 Å². The van der Waals surface area contributed by atoms with Crippen LogP contribution in [-0.4, -0.2) is 67.9 Å². The number of carbonyl (C=O) groups is 1. The normalized spacial score (nSPS) is 13.2. The molecule has 0 spiro atoms. The first kappa shape index (κ1) is 20.9.